The summed E-state index contributed by atoms with van der Waals surface area (Å²) < 4.78 is 2.12. The zero-order valence-corrected chi connectivity index (χ0v) is 40.6. The molecule has 0 saturated carbocycles. The van der Waals surface area contributed by atoms with Gasteiger partial charge >= 0.3 is 0 Å². The minimum Gasteiger partial charge on any atom is -0.341 e. The third kappa shape index (κ3) is 9.56. The molecule has 1 aliphatic heterocycles. The van der Waals surface area contributed by atoms with E-state index in [1.165, 1.54) is 0 Å². The number of carbonyl (C=O) groups is 2. The number of nitrogens with one attached hydrogen (secondary N) is 3. The summed E-state index contributed by atoms with van der Waals surface area (Å²) in [5.41, 5.74) is 13.2. The van der Waals surface area contributed by atoms with Gasteiger partial charge < -0.3 is 15.6 Å². The van der Waals surface area contributed by atoms with Crippen molar-refractivity contribution in [2.45, 2.75) is 107 Å². The van der Waals surface area contributed by atoms with Gasteiger partial charge in [-0.2, -0.15) is 0 Å². The van der Waals surface area contributed by atoms with Gasteiger partial charge in [0.05, 0.1) is 43.0 Å². The number of H-pyrrole nitrogens is 1. The molecule has 8 rings (SSSR count). The number of rotatable bonds is 16. The van der Waals surface area contributed by atoms with Crippen LogP contribution in [0, 0.1) is 39.5 Å². The standard InChI is InChI=1S/C55H60N6O2S2/c1-9-13-19-36(11-3)52(62)60-50-48(54-58-40-21-15-17-23-44(40)64-54)46(38-27-25-32(5)29-34(38)7)42(56-50)31-43-47(39-28-26-33(6)30-35(39)8)49(55-59-41-22-16-18-24-45(41)65-55)51(57-43)61-53(63)37(12-4)20-14-10-2/h15-18,21-31,36-37,56H,9-14,19-20H2,1-8H3,(H,60,62)(H,57,61,63). The van der Waals surface area contributed by atoms with Crippen LogP contribution in [0.5, 0.6) is 0 Å². The Morgan fingerprint density at radius 2 is 1.18 bits per heavy atom. The van der Waals surface area contributed by atoms with Gasteiger partial charge in [-0.05, 0) is 106 Å². The second kappa shape index (κ2) is 20.0. The van der Waals surface area contributed by atoms with E-state index in [4.69, 9.17) is 15.0 Å². The number of hydrogen-bond donors (Lipinski definition) is 3. The third-order valence-electron chi connectivity index (χ3n) is 12.6. The molecule has 10 heteroatoms. The van der Waals surface area contributed by atoms with E-state index in [2.05, 4.69) is 126 Å². The SMILES string of the molecule is CCCCC(CC)C(=O)NC1=NC(=Cc2[nH]c(NC(=O)C(CC)CCCC)c(-c3nc4ccccc4s3)c2-c2ccc(C)cc2C)C(c2ccc(C)cc2C)=C1c1nc2ccccc2s1. The summed E-state index contributed by atoms with van der Waals surface area (Å²) in [6, 6.07) is 29.4. The van der Waals surface area contributed by atoms with Crippen LogP contribution in [0.4, 0.5) is 5.82 Å². The van der Waals surface area contributed by atoms with Gasteiger partial charge in [0.1, 0.15) is 21.7 Å². The maximum atomic E-state index is 14.3. The molecule has 0 radical (unpaired) electrons. The molecule has 334 valence electrons. The van der Waals surface area contributed by atoms with Gasteiger partial charge in [-0.1, -0.05) is 125 Å². The topological polar surface area (TPSA) is 112 Å². The van der Waals surface area contributed by atoms with E-state index < -0.39 is 0 Å². The Labute approximate surface area is 391 Å². The average Bonchev–Trinajstić information content (AvgIpc) is 4.07. The molecule has 0 spiro atoms. The first kappa shape index (κ1) is 45.6. The first-order chi connectivity index (χ1) is 31.5. The van der Waals surface area contributed by atoms with Crippen molar-refractivity contribution in [2.24, 2.45) is 16.8 Å². The Morgan fingerprint density at radius 1 is 0.646 bits per heavy atom. The summed E-state index contributed by atoms with van der Waals surface area (Å²) in [6.45, 7) is 17.0. The molecule has 2 atom stereocenters. The zero-order valence-electron chi connectivity index (χ0n) is 38.9. The number of anilines is 1. The molecule has 0 saturated heterocycles. The Morgan fingerprint density at radius 3 is 1.74 bits per heavy atom. The van der Waals surface area contributed by atoms with Crippen molar-refractivity contribution >= 4 is 83.8 Å². The van der Waals surface area contributed by atoms with Gasteiger partial charge in [0.2, 0.25) is 11.8 Å². The van der Waals surface area contributed by atoms with E-state index >= 15 is 0 Å². The minimum absolute atomic E-state index is 0.0117. The third-order valence-corrected chi connectivity index (χ3v) is 14.7. The molecule has 1 aliphatic rings. The Hall–Kier alpha value is -5.97. The summed E-state index contributed by atoms with van der Waals surface area (Å²) >= 11 is 3.22. The van der Waals surface area contributed by atoms with Crippen LogP contribution in [-0.2, 0) is 9.59 Å². The molecule has 7 aromatic rings. The molecule has 0 fully saturated rings. The van der Waals surface area contributed by atoms with Crippen LogP contribution < -0.4 is 10.6 Å². The van der Waals surface area contributed by atoms with Crippen molar-refractivity contribution in [3.8, 4) is 21.7 Å². The van der Waals surface area contributed by atoms with Gasteiger partial charge in [0, 0.05) is 23.0 Å². The maximum absolute atomic E-state index is 14.3. The van der Waals surface area contributed by atoms with Crippen LogP contribution in [0.1, 0.15) is 118 Å². The van der Waals surface area contributed by atoms with Crippen LogP contribution in [0.2, 0.25) is 0 Å². The van der Waals surface area contributed by atoms with Crippen molar-refractivity contribution in [1.29, 1.82) is 0 Å². The molecule has 4 heterocycles. The Kier molecular flexibility index (Phi) is 14.1. The Bertz CT molecular complexity index is 2930. The number of unbranched alkanes of at least 4 members (excludes halogenated alkanes) is 2. The lowest BCUT2D eigenvalue weighted by Crippen LogP contribution is -2.35. The number of aliphatic imine (C=N–C) groups is 1. The van der Waals surface area contributed by atoms with E-state index in [9.17, 15) is 9.59 Å². The fourth-order valence-corrected chi connectivity index (χ4v) is 11.1. The number of aromatic amines is 1. The van der Waals surface area contributed by atoms with Crippen LogP contribution in [0.3, 0.4) is 0 Å². The number of benzene rings is 4. The highest BCUT2D eigenvalue weighted by Crippen LogP contribution is 2.48. The second-order valence-corrected chi connectivity index (χ2v) is 19.5. The minimum atomic E-state index is -0.154. The summed E-state index contributed by atoms with van der Waals surface area (Å²) in [6.07, 6.45) is 9.18. The van der Waals surface area contributed by atoms with Gasteiger partial charge in [-0.25, -0.2) is 15.0 Å². The van der Waals surface area contributed by atoms with Crippen molar-refractivity contribution in [3.05, 3.63) is 129 Å². The van der Waals surface area contributed by atoms with Crippen molar-refractivity contribution in [3.63, 3.8) is 0 Å². The number of aryl methyl sites for hydroxylation is 4. The number of para-hydroxylation sites is 2. The molecule has 0 aliphatic carbocycles. The number of fused-ring (bicyclic) bond motifs is 2. The van der Waals surface area contributed by atoms with Crippen LogP contribution in [0.25, 0.3) is 59.4 Å². The molecule has 8 nitrogen and oxygen atoms in total. The number of allylic oxidation sites excluding steroid dienone is 1. The highest BCUT2D eigenvalue weighted by atomic mass is 32.1. The number of nitrogens with zero attached hydrogens (tertiary/aromatic N) is 3. The Balaban J connectivity index is 1.43. The number of amides is 2. The summed E-state index contributed by atoms with van der Waals surface area (Å²) in [5.74, 6) is 0.753. The predicted molar refractivity (Wildman–Crippen MR) is 275 cm³/mol. The number of amidine groups is 1. The molecule has 2 unspecified atom stereocenters. The van der Waals surface area contributed by atoms with Crippen molar-refractivity contribution in [1.82, 2.24) is 20.3 Å². The van der Waals surface area contributed by atoms with E-state index in [0.29, 0.717) is 17.4 Å². The maximum Gasteiger partial charge on any atom is 0.228 e. The number of aromatic nitrogens is 3. The zero-order chi connectivity index (χ0) is 45.8. The molecular weight excluding hydrogens is 841 g/mol. The monoisotopic (exact) mass is 900 g/mol. The van der Waals surface area contributed by atoms with Gasteiger partial charge in [-0.3, -0.25) is 9.59 Å². The number of thiazole rings is 2. The van der Waals surface area contributed by atoms with Gasteiger partial charge in [0.25, 0.3) is 0 Å². The molecular formula is C55H60N6O2S2. The quantitative estimate of drug-likeness (QED) is 0.0896. The summed E-state index contributed by atoms with van der Waals surface area (Å²) in [4.78, 5) is 48.3. The largest absolute Gasteiger partial charge is 0.341 e. The lowest BCUT2D eigenvalue weighted by atomic mass is 9.91. The van der Waals surface area contributed by atoms with Gasteiger partial charge in [0.15, 0.2) is 0 Å². The molecule has 3 N–H and O–H groups in total. The van der Waals surface area contributed by atoms with Crippen LogP contribution >= 0.6 is 22.7 Å². The molecule has 2 amide bonds. The number of carbonyl (C=O) groups excluding carboxylic acids is 2. The summed E-state index contributed by atoms with van der Waals surface area (Å²) in [7, 11) is 0. The highest BCUT2D eigenvalue weighted by Gasteiger charge is 2.34. The van der Waals surface area contributed by atoms with Crippen molar-refractivity contribution < 1.29 is 9.59 Å². The molecule has 0 bridgehead atoms. The molecule has 65 heavy (non-hydrogen) atoms. The van der Waals surface area contributed by atoms with Crippen molar-refractivity contribution in [2.75, 3.05) is 5.32 Å². The fraction of sp³-hybridized carbons (Fsp3) is 0.327. The normalized spacial score (nSPS) is 14.4. The predicted octanol–water partition coefficient (Wildman–Crippen LogP) is 14.7. The first-order valence-corrected chi connectivity index (χ1v) is 24.9. The van der Waals surface area contributed by atoms with Crippen LogP contribution in [0.15, 0.2) is 95.6 Å². The fourth-order valence-electron chi connectivity index (χ4n) is 9.04. The van der Waals surface area contributed by atoms with E-state index in [0.717, 1.165) is 143 Å². The summed E-state index contributed by atoms with van der Waals surface area (Å²) in [5, 5.41) is 8.36. The van der Waals surface area contributed by atoms with Crippen LogP contribution in [-0.4, -0.2) is 32.6 Å². The smallest absolute Gasteiger partial charge is 0.228 e. The van der Waals surface area contributed by atoms with E-state index in [-0.39, 0.29) is 23.7 Å². The van der Waals surface area contributed by atoms with Gasteiger partial charge in [-0.15, -0.1) is 22.7 Å². The average molecular weight is 901 g/mol. The molecule has 4 aromatic carbocycles. The second-order valence-electron chi connectivity index (χ2n) is 17.5. The highest BCUT2D eigenvalue weighted by molar-refractivity contribution is 7.21. The van der Waals surface area contributed by atoms with E-state index in [1.54, 1.807) is 22.7 Å². The lowest BCUT2D eigenvalue weighted by molar-refractivity contribution is -0.124. The molecule has 3 aromatic heterocycles. The van der Waals surface area contributed by atoms with E-state index in [1.807, 2.05) is 36.4 Å². The first-order valence-electron chi connectivity index (χ1n) is 23.3. The number of hydrogen-bond acceptors (Lipinski definition) is 7. The lowest BCUT2D eigenvalue weighted by Gasteiger charge is -2.16.